The molecule has 0 aliphatic rings. The number of nitrogens with one attached hydrogen (secondary N) is 1. The Morgan fingerprint density at radius 1 is 1.14 bits per heavy atom. The first-order valence-electron chi connectivity index (χ1n) is 6.46. The number of halogens is 1. The van der Waals surface area contributed by atoms with Crippen molar-refractivity contribution in [3.05, 3.63) is 65.2 Å². The molecule has 2 aromatic carbocycles. The molecule has 0 fully saturated rings. The lowest BCUT2D eigenvalue weighted by atomic mass is 9.98. The maximum Gasteiger partial charge on any atom is 0.234 e. The summed E-state index contributed by atoms with van der Waals surface area (Å²) in [5.74, 6) is -0.758. The summed E-state index contributed by atoms with van der Waals surface area (Å²) < 4.78 is 0. The Hall–Kier alpha value is -1.91. The highest BCUT2D eigenvalue weighted by Gasteiger charge is 2.22. The van der Waals surface area contributed by atoms with Gasteiger partial charge in [-0.1, -0.05) is 54.2 Å². The summed E-state index contributed by atoms with van der Waals surface area (Å²) in [4.78, 5) is 12.5. The second-order valence-electron chi connectivity index (χ2n) is 4.64. The molecular weight excluding hydrogens is 304 g/mol. The van der Waals surface area contributed by atoms with Gasteiger partial charge in [-0.25, -0.2) is 0 Å². The van der Waals surface area contributed by atoms with Gasteiger partial charge in [0.2, 0.25) is 5.91 Å². The number of benzene rings is 2. The molecule has 0 aliphatic carbocycles. The van der Waals surface area contributed by atoms with E-state index in [1.54, 1.807) is 24.3 Å². The smallest absolute Gasteiger partial charge is 0.234 e. The summed E-state index contributed by atoms with van der Waals surface area (Å²) in [6.07, 6.45) is 0.482. The second-order valence-corrected chi connectivity index (χ2v) is 5.55. The van der Waals surface area contributed by atoms with Crippen molar-refractivity contribution >= 4 is 40.4 Å². The summed E-state index contributed by atoms with van der Waals surface area (Å²) in [7, 11) is 0. The first-order valence-corrected chi connectivity index (χ1v) is 7.24. The monoisotopic (exact) mass is 318 g/mol. The van der Waals surface area contributed by atoms with Crippen molar-refractivity contribution in [2.75, 3.05) is 5.32 Å². The minimum absolute atomic E-state index is 0.185. The van der Waals surface area contributed by atoms with E-state index < -0.39 is 5.92 Å². The summed E-state index contributed by atoms with van der Waals surface area (Å²) >= 11 is 10.8. The van der Waals surface area contributed by atoms with Crippen LogP contribution in [-0.2, 0) is 11.2 Å². The van der Waals surface area contributed by atoms with Crippen molar-refractivity contribution in [3.8, 4) is 0 Å². The van der Waals surface area contributed by atoms with Crippen LogP contribution in [0.15, 0.2) is 54.6 Å². The predicted octanol–water partition coefficient (Wildman–Crippen LogP) is 3.42. The average molecular weight is 319 g/mol. The van der Waals surface area contributed by atoms with Crippen LogP contribution in [0, 0.1) is 5.92 Å². The number of anilines is 1. The fourth-order valence-electron chi connectivity index (χ4n) is 1.93. The molecule has 108 valence electrons. The maximum atomic E-state index is 12.3. The van der Waals surface area contributed by atoms with Crippen LogP contribution in [0.2, 0.25) is 5.02 Å². The van der Waals surface area contributed by atoms with E-state index >= 15 is 0 Å². The summed E-state index contributed by atoms with van der Waals surface area (Å²) in [6.45, 7) is 0. The van der Waals surface area contributed by atoms with Crippen molar-refractivity contribution in [1.82, 2.24) is 0 Å². The highest BCUT2D eigenvalue weighted by molar-refractivity contribution is 7.80. The molecule has 0 bridgehead atoms. The van der Waals surface area contributed by atoms with Crippen LogP contribution in [0.5, 0.6) is 0 Å². The second kappa shape index (κ2) is 7.20. The van der Waals surface area contributed by atoms with Gasteiger partial charge in [-0.05, 0) is 36.2 Å². The van der Waals surface area contributed by atoms with Crippen LogP contribution in [0.25, 0.3) is 0 Å². The first kappa shape index (κ1) is 15.5. The maximum absolute atomic E-state index is 12.3. The Kier molecular flexibility index (Phi) is 5.31. The molecule has 1 amide bonds. The molecule has 1 unspecified atom stereocenters. The average Bonchev–Trinajstić information content (AvgIpc) is 2.48. The minimum atomic E-state index is -0.543. The fraction of sp³-hybridized carbons (Fsp3) is 0.125. The Bertz CT molecular complexity index is 628. The molecule has 2 rings (SSSR count). The fourth-order valence-corrected chi connectivity index (χ4v) is 2.25. The minimum Gasteiger partial charge on any atom is -0.393 e. The van der Waals surface area contributed by atoms with Crippen molar-refractivity contribution in [3.63, 3.8) is 0 Å². The van der Waals surface area contributed by atoms with E-state index in [0.29, 0.717) is 17.1 Å². The number of hydrogen-bond acceptors (Lipinski definition) is 2. The van der Waals surface area contributed by atoms with Crippen LogP contribution >= 0.6 is 23.8 Å². The van der Waals surface area contributed by atoms with E-state index in [9.17, 15) is 4.79 Å². The van der Waals surface area contributed by atoms with Gasteiger partial charge in [0.25, 0.3) is 0 Å². The number of nitrogens with two attached hydrogens (primary N) is 1. The molecule has 1 atom stereocenters. The molecule has 0 spiro atoms. The van der Waals surface area contributed by atoms with Gasteiger partial charge in [0.1, 0.15) is 0 Å². The Labute approximate surface area is 134 Å². The molecule has 0 heterocycles. The molecule has 0 aromatic heterocycles. The quantitative estimate of drug-likeness (QED) is 0.830. The van der Waals surface area contributed by atoms with Gasteiger partial charge in [0.05, 0.1) is 10.9 Å². The molecule has 21 heavy (non-hydrogen) atoms. The zero-order chi connectivity index (χ0) is 15.2. The van der Waals surface area contributed by atoms with Gasteiger partial charge in [-0.15, -0.1) is 0 Å². The molecule has 0 saturated carbocycles. The van der Waals surface area contributed by atoms with Crippen LogP contribution in [0.3, 0.4) is 0 Å². The van der Waals surface area contributed by atoms with E-state index in [1.807, 2.05) is 30.3 Å². The third kappa shape index (κ3) is 4.55. The third-order valence-corrected chi connectivity index (χ3v) is 3.59. The topological polar surface area (TPSA) is 55.1 Å². The zero-order valence-corrected chi connectivity index (χ0v) is 12.8. The first-order chi connectivity index (χ1) is 10.1. The van der Waals surface area contributed by atoms with Gasteiger partial charge in [-0.2, -0.15) is 0 Å². The van der Waals surface area contributed by atoms with E-state index in [4.69, 9.17) is 29.6 Å². The predicted molar refractivity (Wildman–Crippen MR) is 90.5 cm³/mol. The van der Waals surface area contributed by atoms with Gasteiger partial charge in [-0.3, -0.25) is 4.79 Å². The number of rotatable bonds is 5. The van der Waals surface area contributed by atoms with Crippen LogP contribution < -0.4 is 11.1 Å². The molecule has 0 aliphatic heterocycles. The summed E-state index contributed by atoms with van der Waals surface area (Å²) in [6, 6.07) is 16.5. The molecule has 3 nitrogen and oxygen atoms in total. The van der Waals surface area contributed by atoms with E-state index in [0.717, 1.165) is 5.56 Å². The SMILES string of the molecule is NC(=S)C(Cc1ccccc1)C(=O)Nc1ccc(Cl)cc1. The standard InChI is InChI=1S/C16H15ClN2OS/c17-12-6-8-13(9-7-12)19-16(20)14(15(18)21)10-11-4-2-1-3-5-11/h1-9,14H,10H2,(H2,18,21)(H,19,20). The van der Waals surface area contributed by atoms with Gasteiger partial charge in [0, 0.05) is 10.7 Å². The van der Waals surface area contributed by atoms with Gasteiger partial charge in [0.15, 0.2) is 0 Å². The largest absolute Gasteiger partial charge is 0.393 e. The van der Waals surface area contributed by atoms with E-state index in [-0.39, 0.29) is 10.9 Å². The van der Waals surface area contributed by atoms with Crippen LogP contribution in [-0.4, -0.2) is 10.9 Å². The lowest BCUT2D eigenvalue weighted by Crippen LogP contribution is -2.34. The highest BCUT2D eigenvalue weighted by atomic mass is 35.5. The number of hydrogen-bond donors (Lipinski definition) is 2. The van der Waals surface area contributed by atoms with E-state index in [2.05, 4.69) is 5.32 Å². The van der Waals surface area contributed by atoms with Crippen molar-refractivity contribution < 1.29 is 4.79 Å². The van der Waals surface area contributed by atoms with Crippen molar-refractivity contribution in [2.24, 2.45) is 11.7 Å². The number of carbonyl (C=O) groups is 1. The van der Waals surface area contributed by atoms with Crippen molar-refractivity contribution in [1.29, 1.82) is 0 Å². The zero-order valence-electron chi connectivity index (χ0n) is 11.3. The normalized spacial score (nSPS) is 11.7. The molecule has 3 N–H and O–H groups in total. The van der Waals surface area contributed by atoms with Crippen LogP contribution in [0.1, 0.15) is 5.56 Å². The van der Waals surface area contributed by atoms with E-state index in [1.165, 1.54) is 0 Å². The van der Waals surface area contributed by atoms with Gasteiger partial charge < -0.3 is 11.1 Å². The molecule has 0 radical (unpaired) electrons. The third-order valence-electron chi connectivity index (χ3n) is 3.05. The lowest BCUT2D eigenvalue weighted by Gasteiger charge is -2.15. The van der Waals surface area contributed by atoms with Crippen molar-refractivity contribution in [2.45, 2.75) is 6.42 Å². The Morgan fingerprint density at radius 2 is 1.76 bits per heavy atom. The summed E-state index contributed by atoms with van der Waals surface area (Å²) in [5.41, 5.74) is 7.39. The van der Waals surface area contributed by atoms with Crippen LogP contribution in [0.4, 0.5) is 5.69 Å². The summed E-state index contributed by atoms with van der Waals surface area (Å²) in [5, 5.41) is 3.42. The molecule has 2 aromatic rings. The Morgan fingerprint density at radius 3 is 2.33 bits per heavy atom. The molecular formula is C16H15ClN2OS. The highest BCUT2D eigenvalue weighted by Crippen LogP contribution is 2.16. The molecule has 5 heteroatoms. The van der Waals surface area contributed by atoms with Gasteiger partial charge >= 0.3 is 0 Å². The number of thiocarbonyl (C=S) groups is 1. The lowest BCUT2D eigenvalue weighted by molar-refractivity contribution is -0.118. The number of carbonyl (C=O) groups excluding carboxylic acids is 1. The molecule has 0 saturated heterocycles. The Balaban J connectivity index is 2.09. The number of amides is 1.